The van der Waals surface area contributed by atoms with Crippen molar-refractivity contribution in [3.8, 4) is 5.75 Å². The molecule has 1 saturated carbocycles. The number of aryl methyl sites for hydroxylation is 1. The molecule has 0 saturated heterocycles. The Morgan fingerprint density at radius 1 is 1.13 bits per heavy atom. The van der Waals surface area contributed by atoms with Gasteiger partial charge in [0.2, 0.25) is 5.91 Å². The van der Waals surface area contributed by atoms with Crippen LogP contribution in [0.15, 0.2) is 40.8 Å². The lowest BCUT2D eigenvalue weighted by Crippen LogP contribution is -2.49. The summed E-state index contributed by atoms with van der Waals surface area (Å²) in [5.74, 6) is 0.678. The summed E-state index contributed by atoms with van der Waals surface area (Å²) in [6.45, 7) is 2.29. The molecular weight excluding hydrogens is 626 g/mol. The quantitative estimate of drug-likeness (QED) is 0.409. The Hall–Kier alpha value is -2.66. The number of rotatable bonds is 5. The van der Waals surface area contributed by atoms with Gasteiger partial charge < -0.3 is 19.1 Å². The van der Waals surface area contributed by atoms with E-state index in [2.05, 4.69) is 26.1 Å². The number of amides is 2. The molecule has 11 heteroatoms. The van der Waals surface area contributed by atoms with Gasteiger partial charge in [-0.25, -0.2) is 4.21 Å². The van der Waals surface area contributed by atoms with Crippen molar-refractivity contribution >= 4 is 39.0 Å². The van der Waals surface area contributed by atoms with Crippen LogP contribution in [0.3, 0.4) is 0 Å². The largest absolute Gasteiger partial charge is 0.490 e. The van der Waals surface area contributed by atoms with Crippen LogP contribution in [-0.2, 0) is 36.0 Å². The van der Waals surface area contributed by atoms with E-state index in [-0.39, 0.29) is 30.3 Å². The van der Waals surface area contributed by atoms with Crippen LogP contribution in [0.4, 0.5) is 5.69 Å². The predicted octanol–water partition coefficient (Wildman–Crippen LogP) is 6.10. The van der Waals surface area contributed by atoms with E-state index in [0.29, 0.717) is 30.4 Å². The van der Waals surface area contributed by atoms with Gasteiger partial charge in [0.1, 0.15) is 15.7 Å². The maximum atomic E-state index is 14.0. The fraction of sp³-hybridized carbons (Fsp3) is 0.600. The van der Waals surface area contributed by atoms with E-state index in [4.69, 9.17) is 25.8 Å². The number of ether oxygens (including phenoxy) is 3. The van der Waals surface area contributed by atoms with Gasteiger partial charge >= 0.3 is 0 Å². The highest BCUT2D eigenvalue weighted by Crippen LogP contribution is 2.47. The molecule has 0 radical (unpaired) electrons. The molecule has 2 amide bonds. The van der Waals surface area contributed by atoms with Crippen LogP contribution in [0, 0.1) is 11.8 Å². The number of carbonyl (C=O) groups excluding carboxylic acids is 2. The van der Waals surface area contributed by atoms with Crippen molar-refractivity contribution in [3.05, 3.63) is 58.1 Å². The summed E-state index contributed by atoms with van der Waals surface area (Å²) in [7, 11) is -0.0267. The molecule has 2 aliphatic carbocycles. The number of methoxy groups -OCH3 is 2. The average Bonchev–Trinajstić information content (AvgIpc) is 3.17. The Kier molecular flexibility index (Phi) is 10.3. The predicted molar refractivity (Wildman–Crippen MR) is 180 cm³/mol. The van der Waals surface area contributed by atoms with E-state index in [1.165, 1.54) is 18.2 Å². The molecular formula is C35H46ClN3O6S. The first-order valence-corrected chi connectivity index (χ1v) is 18.7. The van der Waals surface area contributed by atoms with E-state index in [9.17, 15) is 13.8 Å². The summed E-state index contributed by atoms with van der Waals surface area (Å²) >= 11 is 6.43. The topological polar surface area (TPSA) is 107 Å². The molecule has 1 fully saturated rings. The summed E-state index contributed by atoms with van der Waals surface area (Å²) < 4.78 is 38.5. The third-order valence-corrected chi connectivity index (χ3v) is 12.5. The number of hydrogen-bond acceptors (Lipinski definition) is 7. The molecule has 9 nitrogen and oxygen atoms in total. The first-order valence-electron chi connectivity index (χ1n) is 16.6. The second-order valence-corrected chi connectivity index (χ2v) is 15.9. The van der Waals surface area contributed by atoms with E-state index in [0.717, 1.165) is 80.9 Å². The fourth-order valence-electron chi connectivity index (χ4n) is 7.90. The molecule has 6 rings (SSSR count). The van der Waals surface area contributed by atoms with Gasteiger partial charge in [-0.05, 0) is 98.2 Å². The monoisotopic (exact) mass is 671 g/mol. The molecule has 0 aromatic heterocycles. The number of hydrogen-bond donors (Lipinski definition) is 1. The second-order valence-electron chi connectivity index (χ2n) is 13.4. The Labute approximate surface area is 278 Å². The van der Waals surface area contributed by atoms with Crippen molar-refractivity contribution in [2.24, 2.45) is 16.2 Å². The molecule has 5 atom stereocenters. The number of nitrogens with zero attached hydrogens (tertiary/aromatic N) is 2. The minimum Gasteiger partial charge on any atom is -0.490 e. The zero-order chi connectivity index (χ0) is 32.3. The van der Waals surface area contributed by atoms with Crippen molar-refractivity contribution in [2.45, 2.75) is 75.7 Å². The Bertz CT molecular complexity index is 1580. The maximum absolute atomic E-state index is 14.0. The SMILES string of the molecule is COCCC(=O)NS1(=O)=NC(=O)c2ccc3c(c2)N(C[C@@H]2CC[C@H]2[C@@H](OC)CCCCC1)C[C@@]1(CCCc2cc(Cl)ccc21)CO3. The molecule has 2 aromatic rings. The van der Waals surface area contributed by atoms with Crippen molar-refractivity contribution in [1.82, 2.24) is 4.72 Å². The van der Waals surface area contributed by atoms with E-state index >= 15 is 0 Å². The lowest BCUT2D eigenvalue weighted by Gasteiger charge is -2.46. The molecule has 2 aliphatic heterocycles. The van der Waals surface area contributed by atoms with Crippen molar-refractivity contribution in [2.75, 3.05) is 51.2 Å². The molecule has 2 heterocycles. The number of halogens is 1. The van der Waals surface area contributed by atoms with E-state index in [1.807, 2.05) is 25.3 Å². The van der Waals surface area contributed by atoms with Crippen molar-refractivity contribution in [3.63, 3.8) is 0 Å². The van der Waals surface area contributed by atoms with Crippen LogP contribution in [0.1, 0.15) is 79.3 Å². The summed E-state index contributed by atoms with van der Waals surface area (Å²) in [6.07, 6.45) is 8.69. The lowest BCUT2D eigenvalue weighted by atomic mass is 9.68. The Morgan fingerprint density at radius 3 is 2.78 bits per heavy atom. The Morgan fingerprint density at radius 2 is 2.00 bits per heavy atom. The standard InChI is InChI=1S/C35H46ClN3O6S/c1-43-17-15-33(40)37-46(42)18-5-3-4-8-31(44-2)28-12-9-26(28)21-39-22-35(16-6-7-24-19-27(36)11-13-29(24)35)23-45-32-14-10-25(20-30(32)39)34(41)38-46/h10-11,13-14,19-20,26,28,31H,3-9,12,15-18,21-23H2,1-2H3,(H,37,38,40,41,42)/t26-,28+,31-,35-,46?/m0/s1. The van der Waals surface area contributed by atoms with Gasteiger partial charge in [0.25, 0.3) is 5.91 Å². The molecule has 2 bridgehead atoms. The number of anilines is 1. The molecule has 1 N–H and O–H groups in total. The second kappa shape index (κ2) is 14.2. The third-order valence-electron chi connectivity index (χ3n) is 10.4. The van der Waals surface area contributed by atoms with E-state index in [1.54, 1.807) is 6.07 Å². The highest BCUT2D eigenvalue weighted by molar-refractivity contribution is 7.92. The summed E-state index contributed by atoms with van der Waals surface area (Å²) in [4.78, 5) is 28.7. The van der Waals surface area contributed by atoms with Gasteiger partial charge in [-0.2, -0.15) is 0 Å². The van der Waals surface area contributed by atoms with Gasteiger partial charge in [-0.3, -0.25) is 14.3 Å². The van der Waals surface area contributed by atoms with Gasteiger partial charge in [0, 0.05) is 43.3 Å². The molecule has 1 unspecified atom stereocenters. The average molecular weight is 672 g/mol. The molecule has 2 aromatic carbocycles. The van der Waals surface area contributed by atoms with Crippen molar-refractivity contribution in [1.29, 1.82) is 0 Å². The lowest BCUT2D eigenvalue weighted by molar-refractivity contribution is -0.120. The summed E-state index contributed by atoms with van der Waals surface area (Å²) in [5.41, 5.74) is 3.51. The normalized spacial score (nSPS) is 29.8. The van der Waals surface area contributed by atoms with Gasteiger partial charge in [-0.1, -0.05) is 30.5 Å². The highest BCUT2D eigenvalue weighted by Gasteiger charge is 2.44. The number of nitrogens with one attached hydrogen (secondary N) is 1. The molecule has 250 valence electrons. The third kappa shape index (κ3) is 7.10. The van der Waals surface area contributed by atoms with Crippen LogP contribution >= 0.6 is 11.6 Å². The molecule has 1 spiro atoms. The Balaban J connectivity index is 1.40. The fourth-order valence-corrected chi connectivity index (χ4v) is 9.76. The smallest absolute Gasteiger partial charge is 0.286 e. The first kappa shape index (κ1) is 33.2. The van der Waals surface area contributed by atoms with Gasteiger partial charge in [0.05, 0.1) is 37.2 Å². The number of carbonyl (C=O) groups is 2. The van der Waals surface area contributed by atoms with Crippen LogP contribution in [0.25, 0.3) is 0 Å². The van der Waals surface area contributed by atoms with Crippen LogP contribution in [0.2, 0.25) is 5.02 Å². The van der Waals surface area contributed by atoms with Gasteiger partial charge in [0.15, 0.2) is 0 Å². The minimum atomic E-state index is -3.34. The zero-order valence-corrected chi connectivity index (χ0v) is 28.5. The molecule has 46 heavy (non-hydrogen) atoms. The van der Waals surface area contributed by atoms with Gasteiger partial charge in [-0.15, -0.1) is 4.36 Å². The number of fused-ring (bicyclic) bond motifs is 4. The van der Waals surface area contributed by atoms with E-state index < -0.39 is 21.7 Å². The highest BCUT2D eigenvalue weighted by atomic mass is 35.5. The van der Waals surface area contributed by atoms with Crippen molar-refractivity contribution < 1.29 is 28.0 Å². The van der Waals surface area contributed by atoms with Crippen LogP contribution in [-0.4, -0.2) is 68.4 Å². The maximum Gasteiger partial charge on any atom is 0.286 e. The summed E-state index contributed by atoms with van der Waals surface area (Å²) in [5, 5.41) is 0.750. The number of benzene rings is 2. The summed E-state index contributed by atoms with van der Waals surface area (Å²) in [6, 6.07) is 11.6. The zero-order valence-electron chi connectivity index (χ0n) is 26.9. The molecule has 4 aliphatic rings. The van der Waals surface area contributed by atoms with Crippen LogP contribution < -0.4 is 14.4 Å². The minimum absolute atomic E-state index is 0.0392. The van der Waals surface area contributed by atoms with Crippen LogP contribution in [0.5, 0.6) is 5.75 Å². The first-order chi connectivity index (χ1) is 22.2.